The third-order valence-corrected chi connectivity index (χ3v) is 10.0. The number of hydrogen-bond acceptors (Lipinski definition) is 7. The molecule has 3 aromatic rings. The van der Waals surface area contributed by atoms with Gasteiger partial charge in [-0.25, -0.2) is 13.1 Å². The summed E-state index contributed by atoms with van der Waals surface area (Å²) >= 11 is 6.20. The predicted octanol–water partition coefficient (Wildman–Crippen LogP) is 3.32. The molecule has 0 unspecified atom stereocenters. The van der Waals surface area contributed by atoms with Gasteiger partial charge in [0, 0.05) is 42.3 Å². The molecule has 1 aromatic heterocycles. The standard InChI is InChI=1S/C28H29ClN4O5S/c29-20-3-6-22-24(15-20)39(35,36)17-23-25(27(34)32-11-14-38-28(18-32)7-8-28)30-33(26(22)23)21-4-1-19(2-5-21)16-31-9-12-37-13-10-31/h1-6,15H,7-14,16-18H2. The van der Waals surface area contributed by atoms with Crippen molar-refractivity contribution < 1.29 is 22.7 Å². The number of halogens is 1. The van der Waals surface area contributed by atoms with Crippen LogP contribution in [0.4, 0.5) is 0 Å². The molecule has 0 bridgehead atoms. The maximum Gasteiger partial charge on any atom is 0.274 e. The Morgan fingerprint density at radius 1 is 1.03 bits per heavy atom. The first-order valence-electron chi connectivity index (χ1n) is 13.3. The summed E-state index contributed by atoms with van der Waals surface area (Å²) in [6, 6.07) is 12.9. The van der Waals surface area contributed by atoms with Crippen LogP contribution < -0.4 is 0 Å². The minimum atomic E-state index is -3.72. The van der Waals surface area contributed by atoms with Crippen molar-refractivity contribution >= 4 is 27.3 Å². The van der Waals surface area contributed by atoms with Crippen molar-refractivity contribution in [1.29, 1.82) is 0 Å². The zero-order valence-corrected chi connectivity index (χ0v) is 23.0. The molecule has 2 saturated heterocycles. The highest BCUT2D eigenvalue weighted by atomic mass is 35.5. The van der Waals surface area contributed by atoms with Gasteiger partial charge in [0.15, 0.2) is 15.5 Å². The minimum absolute atomic E-state index is 0.162. The third kappa shape index (κ3) is 4.58. The van der Waals surface area contributed by atoms with Gasteiger partial charge in [-0.15, -0.1) is 0 Å². The predicted molar refractivity (Wildman–Crippen MR) is 145 cm³/mol. The highest BCUT2D eigenvalue weighted by Gasteiger charge is 2.49. The summed E-state index contributed by atoms with van der Waals surface area (Å²) in [6.07, 6.45) is 1.87. The number of carbonyl (C=O) groups excluding carboxylic acids is 1. The maximum absolute atomic E-state index is 13.8. The van der Waals surface area contributed by atoms with Gasteiger partial charge < -0.3 is 14.4 Å². The molecule has 1 amide bonds. The number of carbonyl (C=O) groups is 1. The number of fused-ring (bicyclic) bond motifs is 3. The number of morpholine rings is 2. The monoisotopic (exact) mass is 568 g/mol. The van der Waals surface area contributed by atoms with Crippen LogP contribution in [-0.4, -0.2) is 85.5 Å². The SMILES string of the molecule is O=C(c1nn(-c2ccc(CN3CCOCC3)cc2)c2c1CS(=O)(=O)c1cc(Cl)ccc1-2)N1CCOC2(CC2)C1. The first kappa shape index (κ1) is 25.2. The third-order valence-electron chi connectivity index (χ3n) is 8.09. The number of sulfone groups is 1. The summed E-state index contributed by atoms with van der Waals surface area (Å²) in [5.74, 6) is -0.558. The lowest BCUT2D eigenvalue weighted by Gasteiger charge is -2.33. The molecular weight excluding hydrogens is 540 g/mol. The highest BCUT2D eigenvalue weighted by molar-refractivity contribution is 7.91. The topological polar surface area (TPSA) is 94.0 Å². The van der Waals surface area contributed by atoms with Crippen LogP contribution in [-0.2, 0) is 31.6 Å². The molecule has 0 N–H and O–H groups in total. The van der Waals surface area contributed by atoms with E-state index in [1.807, 2.05) is 12.1 Å². The molecule has 4 aliphatic rings. The van der Waals surface area contributed by atoms with Crippen molar-refractivity contribution in [1.82, 2.24) is 19.6 Å². The Morgan fingerprint density at radius 3 is 2.54 bits per heavy atom. The van der Waals surface area contributed by atoms with Crippen LogP contribution >= 0.6 is 11.6 Å². The number of benzene rings is 2. The van der Waals surface area contributed by atoms with Crippen LogP contribution in [0.3, 0.4) is 0 Å². The van der Waals surface area contributed by atoms with E-state index in [1.54, 1.807) is 21.7 Å². The van der Waals surface area contributed by atoms with Gasteiger partial charge in [0.2, 0.25) is 0 Å². The van der Waals surface area contributed by atoms with E-state index in [-0.39, 0.29) is 27.9 Å². The van der Waals surface area contributed by atoms with Crippen molar-refractivity contribution in [3.8, 4) is 16.9 Å². The summed E-state index contributed by atoms with van der Waals surface area (Å²) in [4.78, 5) is 18.1. The molecule has 1 saturated carbocycles. The van der Waals surface area contributed by atoms with Gasteiger partial charge in [-0.2, -0.15) is 5.10 Å². The molecule has 1 spiro atoms. The van der Waals surface area contributed by atoms with Gasteiger partial charge in [-0.1, -0.05) is 29.8 Å². The Balaban J connectivity index is 1.31. The number of rotatable bonds is 4. The van der Waals surface area contributed by atoms with Crippen LogP contribution in [0, 0.1) is 0 Å². The molecular formula is C28H29ClN4O5S. The normalized spacial score (nSPS) is 21.4. The van der Waals surface area contributed by atoms with Crippen molar-refractivity contribution in [3.05, 3.63) is 64.3 Å². The summed E-state index contributed by atoms with van der Waals surface area (Å²) in [7, 11) is -3.72. The van der Waals surface area contributed by atoms with E-state index in [9.17, 15) is 13.2 Å². The lowest BCUT2D eigenvalue weighted by atomic mass is 10.0. The lowest BCUT2D eigenvalue weighted by Crippen LogP contribution is -2.47. The fourth-order valence-corrected chi connectivity index (χ4v) is 7.66. The van der Waals surface area contributed by atoms with Crippen LogP contribution in [0.2, 0.25) is 5.02 Å². The summed E-state index contributed by atoms with van der Waals surface area (Å²) in [6.45, 7) is 5.53. The zero-order valence-electron chi connectivity index (χ0n) is 21.4. The molecule has 204 valence electrons. The van der Waals surface area contributed by atoms with Gasteiger partial charge in [-0.05, 0) is 42.7 Å². The molecule has 7 rings (SSSR count). The smallest absolute Gasteiger partial charge is 0.274 e. The Kier molecular flexibility index (Phi) is 6.09. The van der Waals surface area contributed by atoms with E-state index in [2.05, 4.69) is 17.0 Å². The first-order chi connectivity index (χ1) is 18.8. The fourth-order valence-electron chi connectivity index (χ4n) is 5.81. The fraction of sp³-hybridized carbons (Fsp3) is 0.429. The molecule has 2 aromatic carbocycles. The minimum Gasteiger partial charge on any atom is -0.379 e. The maximum atomic E-state index is 13.8. The zero-order chi connectivity index (χ0) is 26.8. The van der Waals surface area contributed by atoms with E-state index in [0.717, 1.165) is 56.9 Å². The number of amides is 1. The second kappa shape index (κ2) is 9.42. The van der Waals surface area contributed by atoms with Gasteiger partial charge in [-0.3, -0.25) is 9.69 Å². The number of nitrogens with zero attached hydrogens (tertiary/aromatic N) is 4. The van der Waals surface area contributed by atoms with Crippen molar-refractivity contribution in [3.63, 3.8) is 0 Å². The first-order valence-corrected chi connectivity index (χ1v) is 15.3. The van der Waals surface area contributed by atoms with E-state index in [4.69, 9.17) is 26.2 Å². The molecule has 0 radical (unpaired) electrons. The molecule has 4 heterocycles. The largest absolute Gasteiger partial charge is 0.379 e. The van der Waals surface area contributed by atoms with Gasteiger partial charge in [0.1, 0.15) is 0 Å². The Bertz CT molecular complexity index is 1560. The average Bonchev–Trinajstić information content (AvgIpc) is 3.57. The van der Waals surface area contributed by atoms with Crippen molar-refractivity contribution in [2.24, 2.45) is 0 Å². The van der Waals surface area contributed by atoms with Crippen molar-refractivity contribution in [2.45, 2.75) is 35.6 Å². The van der Waals surface area contributed by atoms with E-state index in [0.29, 0.717) is 41.5 Å². The summed E-state index contributed by atoms with van der Waals surface area (Å²) < 4.78 is 39.8. The second-order valence-electron chi connectivity index (χ2n) is 10.8. The van der Waals surface area contributed by atoms with Gasteiger partial charge in [0.05, 0.1) is 54.0 Å². The molecule has 3 aliphatic heterocycles. The Hall–Kier alpha value is -2.76. The Morgan fingerprint density at radius 2 is 1.79 bits per heavy atom. The highest BCUT2D eigenvalue weighted by Crippen LogP contribution is 2.44. The molecule has 11 heteroatoms. The molecule has 1 aliphatic carbocycles. The number of ether oxygens (including phenoxy) is 2. The molecule has 39 heavy (non-hydrogen) atoms. The lowest BCUT2D eigenvalue weighted by molar-refractivity contribution is -0.0377. The summed E-state index contributed by atoms with van der Waals surface area (Å²) in [5.41, 5.74) is 3.42. The van der Waals surface area contributed by atoms with Crippen LogP contribution in [0.5, 0.6) is 0 Å². The van der Waals surface area contributed by atoms with Crippen LogP contribution in [0.1, 0.15) is 34.5 Å². The van der Waals surface area contributed by atoms with E-state index in [1.165, 1.54) is 6.07 Å². The van der Waals surface area contributed by atoms with Gasteiger partial charge in [0.25, 0.3) is 5.91 Å². The molecule has 9 nitrogen and oxygen atoms in total. The second-order valence-corrected chi connectivity index (χ2v) is 13.2. The Labute approximate surface area is 232 Å². The summed E-state index contributed by atoms with van der Waals surface area (Å²) in [5, 5.41) is 5.14. The van der Waals surface area contributed by atoms with Crippen LogP contribution in [0.25, 0.3) is 16.9 Å². The van der Waals surface area contributed by atoms with Gasteiger partial charge >= 0.3 is 0 Å². The quantitative estimate of drug-likeness (QED) is 0.476. The van der Waals surface area contributed by atoms with Crippen LogP contribution in [0.15, 0.2) is 47.4 Å². The molecule has 3 fully saturated rings. The van der Waals surface area contributed by atoms with Crippen molar-refractivity contribution in [2.75, 3.05) is 46.0 Å². The van der Waals surface area contributed by atoms with E-state index >= 15 is 0 Å². The number of aromatic nitrogens is 2. The molecule has 0 atom stereocenters. The number of hydrogen-bond donors (Lipinski definition) is 0. The average molecular weight is 569 g/mol. The van der Waals surface area contributed by atoms with E-state index < -0.39 is 9.84 Å².